The zero-order valence-corrected chi connectivity index (χ0v) is 37.6. The third-order valence-corrected chi connectivity index (χ3v) is 10.7. The maximum absolute atomic E-state index is 14.2. The minimum Gasteiger partial charge on any atom is -1.00 e. The number of aromatic nitrogens is 1. The molecule has 56 heavy (non-hydrogen) atoms. The molecule has 0 atom stereocenters. The number of nitrogens with zero attached hydrogens (tertiary/aromatic N) is 2. The first-order chi connectivity index (χ1) is 27.0. The zero-order chi connectivity index (χ0) is 39.2. The molecule has 0 spiro atoms. The maximum atomic E-state index is 14.2. The van der Waals surface area contributed by atoms with Gasteiger partial charge < -0.3 is 33.5 Å². The van der Waals surface area contributed by atoms with Crippen molar-refractivity contribution in [1.82, 2.24) is 4.90 Å². The van der Waals surface area contributed by atoms with Crippen LogP contribution in [0.3, 0.4) is 0 Å². The summed E-state index contributed by atoms with van der Waals surface area (Å²) in [6.45, 7) is 5.88. The van der Waals surface area contributed by atoms with E-state index < -0.39 is 0 Å². The number of ether oxygens (including phenoxy) is 2. The molecule has 6 nitrogen and oxygen atoms in total. The van der Waals surface area contributed by atoms with Gasteiger partial charge >= 0.3 is 0 Å². The van der Waals surface area contributed by atoms with Gasteiger partial charge in [-0.15, -0.1) is 0 Å². The first-order valence-electron chi connectivity index (χ1n) is 22.3. The van der Waals surface area contributed by atoms with Gasteiger partial charge in [0.05, 0.1) is 13.2 Å². The molecule has 3 rings (SSSR count). The molecule has 0 unspecified atom stereocenters. The molecule has 0 aliphatic heterocycles. The number of benzene rings is 2. The molecule has 1 aromatic heterocycles. The topological polar surface area (TPSA) is 59.7 Å². The highest BCUT2D eigenvalue weighted by molar-refractivity contribution is 6.10. The Morgan fingerprint density at radius 1 is 0.500 bits per heavy atom. The molecular formula is C49H75IN2O4. The smallest absolute Gasteiger partial charge is 0.261 e. The molecule has 0 saturated heterocycles. The lowest BCUT2D eigenvalue weighted by Gasteiger charge is -2.21. The van der Waals surface area contributed by atoms with E-state index in [1.165, 1.54) is 133 Å². The number of carbonyl (C=O) groups is 2. The standard InChI is InChI=1S/C49H75N2O4.HI/c1-4-6-8-10-12-14-16-18-20-22-24-31-39-54-46-37-36-44(41-47(46)55-40-32-25-23-21-19-17-15-13-11-9-7-5-2)49(53)51(42-45-35-29-30-38-50(45)3)48(52)43-33-27-26-28-34-43;/h26-30,33-38,41H,4-25,31-32,39-40,42H2,1-3H3;1H/q+1;/p-1. The summed E-state index contributed by atoms with van der Waals surface area (Å²) in [6.07, 6.45) is 32.9. The summed E-state index contributed by atoms with van der Waals surface area (Å²) >= 11 is 0. The van der Waals surface area contributed by atoms with E-state index in [-0.39, 0.29) is 42.3 Å². The highest BCUT2D eigenvalue weighted by Crippen LogP contribution is 2.30. The summed E-state index contributed by atoms with van der Waals surface area (Å²) in [6, 6.07) is 20.2. The molecule has 0 saturated carbocycles. The molecule has 312 valence electrons. The predicted molar refractivity (Wildman–Crippen MR) is 228 cm³/mol. The molecule has 2 amide bonds. The minimum atomic E-state index is -0.361. The molecule has 1 heterocycles. The van der Waals surface area contributed by atoms with Crippen molar-refractivity contribution >= 4 is 11.8 Å². The SMILES string of the molecule is CCCCCCCCCCCCCCOc1ccc(C(=O)N(Cc2cccc[n+]2C)C(=O)c2ccccc2)cc1OCCCCCCCCCCCCCC.[I-]. The zero-order valence-electron chi connectivity index (χ0n) is 35.4. The van der Waals surface area contributed by atoms with Crippen molar-refractivity contribution in [1.29, 1.82) is 0 Å². The maximum Gasteiger partial charge on any atom is 0.261 e. The first-order valence-corrected chi connectivity index (χ1v) is 22.3. The average molecular weight is 883 g/mol. The Hall–Kier alpha value is -2.94. The van der Waals surface area contributed by atoms with Crippen molar-refractivity contribution < 1.29 is 47.6 Å². The summed E-state index contributed by atoms with van der Waals surface area (Å²) in [5.74, 6) is 0.542. The summed E-state index contributed by atoms with van der Waals surface area (Å²) in [4.78, 5) is 29.4. The number of pyridine rings is 1. The number of imide groups is 1. The highest BCUT2D eigenvalue weighted by atomic mass is 127. The van der Waals surface area contributed by atoms with E-state index >= 15 is 0 Å². The molecule has 7 heteroatoms. The van der Waals surface area contributed by atoms with Crippen LogP contribution in [0.15, 0.2) is 72.9 Å². The molecule has 0 fully saturated rings. The van der Waals surface area contributed by atoms with Crippen LogP contribution in [0.25, 0.3) is 0 Å². The van der Waals surface area contributed by atoms with Gasteiger partial charge in [0.25, 0.3) is 11.8 Å². The van der Waals surface area contributed by atoms with Gasteiger partial charge in [0, 0.05) is 23.3 Å². The molecule has 0 aliphatic carbocycles. The average Bonchev–Trinajstić information content (AvgIpc) is 3.21. The number of unbranched alkanes of at least 4 members (excludes halogenated alkanes) is 22. The van der Waals surface area contributed by atoms with Gasteiger partial charge in [-0.25, -0.2) is 4.57 Å². The third kappa shape index (κ3) is 20.5. The molecular weight excluding hydrogens is 807 g/mol. The fourth-order valence-electron chi connectivity index (χ4n) is 7.14. The molecule has 2 aromatic carbocycles. The predicted octanol–water partition coefficient (Wildman–Crippen LogP) is 10.2. The lowest BCUT2D eigenvalue weighted by atomic mass is 10.1. The van der Waals surface area contributed by atoms with Crippen LogP contribution in [0.4, 0.5) is 0 Å². The molecule has 0 radical (unpaired) electrons. The lowest BCUT2D eigenvalue weighted by Crippen LogP contribution is -3.00. The first kappa shape index (κ1) is 49.2. The van der Waals surface area contributed by atoms with E-state index in [9.17, 15) is 9.59 Å². The number of amides is 2. The third-order valence-electron chi connectivity index (χ3n) is 10.7. The number of hydrogen-bond donors (Lipinski definition) is 0. The fraction of sp³-hybridized carbons (Fsp3) is 0.612. The largest absolute Gasteiger partial charge is 1.00 e. The van der Waals surface area contributed by atoms with Crippen LogP contribution in [0.5, 0.6) is 11.5 Å². The van der Waals surface area contributed by atoms with E-state index in [1.807, 2.05) is 60.3 Å². The van der Waals surface area contributed by atoms with Crippen LogP contribution >= 0.6 is 0 Å². The second-order valence-corrected chi connectivity index (χ2v) is 15.5. The Morgan fingerprint density at radius 2 is 0.929 bits per heavy atom. The fourth-order valence-corrected chi connectivity index (χ4v) is 7.14. The van der Waals surface area contributed by atoms with Crippen molar-refractivity contribution in [2.24, 2.45) is 7.05 Å². The van der Waals surface area contributed by atoms with Crippen molar-refractivity contribution in [2.75, 3.05) is 13.2 Å². The summed E-state index contributed by atoms with van der Waals surface area (Å²) in [7, 11) is 1.93. The highest BCUT2D eigenvalue weighted by Gasteiger charge is 2.28. The van der Waals surface area contributed by atoms with Crippen LogP contribution in [-0.2, 0) is 13.6 Å². The summed E-state index contributed by atoms with van der Waals surface area (Å²) < 4.78 is 14.6. The van der Waals surface area contributed by atoms with Crippen LogP contribution in [-0.4, -0.2) is 29.9 Å². The Morgan fingerprint density at radius 3 is 1.41 bits per heavy atom. The van der Waals surface area contributed by atoms with Gasteiger partial charge in [0.15, 0.2) is 17.7 Å². The van der Waals surface area contributed by atoms with E-state index in [4.69, 9.17) is 9.47 Å². The Balaban J connectivity index is 0.0000108. The number of rotatable bonds is 32. The lowest BCUT2D eigenvalue weighted by molar-refractivity contribution is -0.679. The van der Waals surface area contributed by atoms with Crippen LogP contribution in [0.2, 0.25) is 0 Å². The number of hydrogen-bond acceptors (Lipinski definition) is 4. The Labute approximate surface area is 358 Å². The van der Waals surface area contributed by atoms with E-state index in [1.54, 1.807) is 24.3 Å². The van der Waals surface area contributed by atoms with Crippen molar-refractivity contribution in [2.45, 2.75) is 174 Å². The van der Waals surface area contributed by atoms with Gasteiger partial charge in [-0.3, -0.25) is 14.5 Å². The molecule has 0 aliphatic rings. The van der Waals surface area contributed by atoms with Crippen LogP contribution < -0.4 is 38.0 Å². The number of aryl methyl sites for hydroxylation is 1. The van der Waals surface area contributed by atoms with Gasteiger partial charge in [-0.2, -0.15) is 0 Å². The second kappa shape index (κ2) is 32.1. The van der Waals surface area contributed by atoms with Gasteiger partial charge in [-0.05, 0) is 43.2 Å². The molecule has 0 bridgehead atoms. The van der Waals surface area contributed by atoms with E-state index in [0.717, 1.165) is 31.4 Å². The normalized spacial score (nSPS) is 10.9. The van der Waals surface area contributed by atoms with Gasteiger partial charge in [-0.1, -0.05) is 179 Å². The van der Waals surface area contributed by atoms with Crippen molar-refractivity contribution in [3.8, 4) is 11.5 Å². The minimum absolute atomic E-state index is 0. The van der Waals surface area contributed by atoms with Gasteiger partial charge in [0.1, 0.15) is 13.6 Å². The molecule has 0 N–H and O–H groups in total. The molecule has 3 aromatic rings. The number of halogens is 1. The van der Waals surface area contributed by atoms with Crippen LogP contribution in [0.1, 0.15) is 194 Å². The Bertz CT molecular complexity index is 1450. The summed E-state index contributed by atoms with van der Waals surface area (Å²) in [5, 5.41) is 0. The Kier molecular flexibility index (Phi) is 28.2. The summed E-state index contributed by atoms with van der Waals surface area (Å²) in [5.41, 5.74) is 1.73. The van der Waals surface area contributed by atoms with E-state index in [0.29, 0.717) is 35.8 Å². The van der Waals surface area contributed by atoms with Crippen LogP contribution in [0, 0.1) is 0 Å². The number of carbonyl (C=O) groups excluding carboxylic acids is 2. The monoisotopic (exact) mass is 882 g/mol. The van der Waals surface area contributed by atoms with E-state index in [2.05, 4.69) is 13.8 Å². The van der Waals surface area contributed by atoms with Crippen molar-refractivity contribution in [3.05, 3.63) is 89.7 Å². The van der Waals surface area contributed by atoms with Crippen molar-refractivity contribution in [3.63, 3.8) is 0 Å². The second-order valence-electron chi connectivity index (χ2n) is 15.5. The quantitative estimate of drug-likeness (QED) is 0.0271. The van der Waals surface area contributed by atoms with Gasteiger partial charge in [0.2, 0.25) is 5.69 Å².